The summed E-state index contributed by atoms with van der Waals surface area (Å²) in [7, 11) is 0. The fraction of sp³-hybridized carbons (Fsp3) is 0.130. The third-order valence-electron chi connectivity index (χ3n) is 4.77. The van der Waals surface area contributed by atoms with E-state index in [9.17, 15) is 9.18 Å². The van der Waals surface area contributed by atoms with E-state index in [2.05, 4.69) is 15.1 Å². The second kappa shape index (κ2) is 7.87. The summed E-state index contributed by atoms with van der Waals surface area (Å²) in [6.07, 6.45) is 2.99. The Morgan fingerprint density at radius 1 is 1.10 bits per heavy atom. The Kier molecular flexibility index (Phi) is 5.10. The highest BCUT2D eigenvalue weighted by atomic mass is 19.1. The van der Waals surface area contributed by atoms with Gasteiger partial charge in [-0.05, 0) is 43.7 Å². The summed E-state index contributed by atoms with van der Waals surface area (Å²) < 4.78 is 20.2. The van der Waals surface area contributed by atoms with Crippen LogP contribution in [0.5, 0.6) is 0 Å². The van der Waals surface area contributed by atoms with Gasteiger partial charge < -0.3 is 4.52 Å². The molecule has 0 saturated heterocycles. The van der Waals surface area contributed by atoms with Crippen molar-refractivity contribution in [2.45, 2.75) is 20.8 Å². The Balaban J connectivity index is 2.01. The lowest BCUT2D eigenvalue weighted by atomic mass is 9.98. The van der Waals surface area contributed by atoms with Crippen LogP contribution in [0.25, 0.3) is 22.5 Å². The first-order valence-electron chi connectivity index (χ1n) is 9.36. The second-order valence-corrected chi connectivity index (χ2v) is 6.93. The zero-order valence-corrected chi connectivity index (χ0v) is 16.8. The van der Waals surface area contributed by atoms with Gasteiger partial charge in [-0.25, -0.2) is 19.3 Å². The van der Waals surface area contributed by atoms with Crippen LogP contribution >= 0.6 is 0 Å². The number of nitrogens with zero attached hydrogens (tertiary/aromatic N) is 4. The van der Waals surface area contributed by atoms with E-state index in [0.717, 1.165) is 16.7 Å². The molecule has 0 aliphatic heterocycles. The molecular weight excluding hydrogens is 383 g/mol. The van der Waals surface area contributed by atoms with Gasteiger partial charge >= 0.3 is 0 Å². The molecule has 0 radical (unpaired) electrons. The second-order valence-electron chi connectivity index (χ2n) is 6.93. The lowest BCUT2D eigenvalue weighted by molar-refractivity contribution is -0.116. The van der Waals surface area contributed by atoms with Crippen molar-refractivity contribution in [2.24, 2.45) is 0 Å². The molecule has 4 rings (SSSR count). The number of hydrogen-bond acceptors (Lipinski definition) is 5. The summed E-state index contributed by atoms with van der Waals surface area (Å²) in [6, 6.07) is 13.7. The monoisotopic (exact) mass is 402 g/mol. The first kappa shape index (κ1) is 19.4. The molecule has 0 aliphatic rings. The maximum atomic E-state index is 14.6. The van der Waals surface area contributed by atoms with Crippen molar-refractivity contribution in [3.05, 3.63) is 78.0 Å². The molecule has 0 saturated carbocycles. The van der Waals surface area contributed by atoms with Crippen LogP contribution in [-0.4, -0.2) is 21.0 Å². The van der Waals surface area contributed by atoms with Gasteiger partial charge in [-0.3, -0.25) is 4.79 Å². The Hall–Kier alpha value is -3.87. The Morgan fingerprint density at radius 2 is 1.90 bits per heavy atom. The molecule has 0 fully saturated rings. The maximum absolute atomic E-state index is 14.6. The van der Waals surface area contributed by atoms with Gasteiger partial charge in [-0.15, -0.1) is 0 Å². The number of carbonyl (C=O) groups is 1. The number of aromatic nitrogens is 3. The zero-order chi connectivity index (χ0) is 21.3. The van der Waals surface area contributed by atoms with Crippen LogP contribution < -0.4 is 4.90 Å². The van der Waals surface area contributed by atoms with E-state index in [1.165, 1.54) is 30.3 Å². The Labute approximate surface area is 173 Å². The van der Waals surface area contributed by atoms with Gasteiger partial charge in [0.05, 0.1) is 16.9 Å². The van der Waals surface area contributed by atoms with Gasteiger partial charge in [0, 0.05) is 18.7 Å². The number of anilines is 2. The maximum Gasteiger partial charge on any atom is 0.248 e. The molecule has 0 bridgehead atoms. The number of para-hydroxylation sites is 1. The molecule has 2 heterocycles. The minimum atomic E-state index is -0.550. The molecule has 6 nitrogen and oxygen atoms in total. The number of amides is 1. The number of rotatable bonds is 4. The largest absolute Gasteiger partial charge is 0.336 e. The molecule has 1 amide bonds. The van der Waals surface area contributed by atoms with Crippen molar-refractivity contribution in [3.8, 4) is 22.5 Å². The quantitative estimate of drug-likeness (QED) is 0.467. The molecule has 7 heteroatoms. The summed E-state index contributed by atoms with van der Waals surface area (Å²) in [5.41, 5.74) is 4.47. The van der Waals surface area contributed by atoms with Crippen LogP contribution in [-0.2, 0) is 4.79 Å². The average Bonchev–Trinajstić information content (AvgIpc) is 3.16. The third-order valence-corrected chi connectivity index (χ3v) is 4.77. The van der Waals surface area contributed by atoms with Crippen molar-refractivity contribution < 1.29 is 13.7 Å². The van der Waals surface area contributed by atoms with E-state index in [-0.39, 0.29) is 11.6 Å². The number of benzene rings is 2. The topological polar surface area (TPSA) is 72.1 Å². The standard InChI is InChI=1S/C23H19FN4O2/c1-14-8-9-15(2)17(12-14)22-21(19-10-11-25-13-26-19)23(30-27-22)28(16(3)29)20-7-5-4-6-18(20)24/h4-13H,1-3H3. The van der Waals surface area contributed by atoms with Gasteiger partial charge in [0.15, 0.2) is 0 Å². The molecule has 150 valence electrons. The van der Waals surface area contributed by atoms with Gasteiger partial charge in [0.2, 0.25) is 11.8 Å². The molecule has 0 aliphatic carbocycles. The fourth-order valence-electron chi connectivity index (χ4n) is 3.33. The molecule has 30 heavy (non-hydrogen) atoms. The molecule has 0 unspecified atom stereocenters. The highest BCUT2D eigenvalue weighted by molar-refractivity contribution is 6.03. The average molecular weight is 402 g/mol. The van der Waals surface area contributed by atoms with E-state index in [0.29, 0.717) is 17.0 Å². The van der Waals surface area contributed by atoms with Crippen LogP contribution in [0.2, 0.25) is 0 Å². The number of aryl methyl sites for hydroxylation is 2. The Bertz CT molecular complexity index is 1220. The minimum absolute atomic E-state index is 0.0731. The molecule has 2 aromatic carbocycles. The predicted octanol–water partition coefficient (Wildman–Crippen LogP) is 5.24. The van der Waals surface area contributed by atoms with E-state index in [1.807, 2.05) is 32.0 Å². The SMILES string of the molecule is CC(=O)N(c1ccccc1F)c1onc(-c2cc(C)ccc2C)c1-c1ccncn1. The highest BCUT2D eigenvalue weighted by Gasteiger charge is 2.30. The highest BCUT2D eigenvalue weighted by Crippen LogP contribution is 2.42. The Morgan fingerprint density at radius 3 is 2.60 bits per heavy atom. The van der Waals surface area contributed by atoms with E-state index in [1.54, 1.807) is 24.4 Å². The summed E-state index contributed by atoms with van der Waals surface area (Å²) in [5, 5.41) is 4.27. The van der Waals surface area contributed by atoms with Crippen molar-refractivity contribution in [1.82, 2.24) is 15.1 Å². The minimum Gasteiger partial charge on any atom is -0.336 e. The van der Waals surface area contributed by atoms with Crippen LogP contribution in [0.4, 0.5) is 16.0 Å². The van der Waals surface area contributed by atoms with E-state index >= 15 is 0 Å². The van der Waals surface area contributed by atoms with Gasteiger partial charge in [-0.2, -0.15) is 0 Å². The lowest BCUT2D eigenvalue weighted by Gasteiger charge is -2.19. The van der Waals surface area contributed by atoms with Crippen molar-refractivity contribution in [3.63, 3.8) is 0 Å². The molecule has 0 atom stereocenters. The van der Waals surface area contributed by atoms with Gasteiger partial charge in [0.1, 0.15) is 17.8 Å². The van der Waals surface area contributed by atoms with Crippen LogP contribution in [0, 0.1) is 19.7 Å². The molecule has 2 aromatic heterocycles. The van der Waals surface area contributed by atoms with Crippen molar-refractivity contribution in [1.29, 1.82) is 0 Å². The summed E-state index contributed by atoms with van der Waals surface area (Å²) >= 11 is 0. The molecular formula is C23H19FN4O2. The molecule has 0 N–H and O–H groups in total. The van der Waals surface area contributed by atoms with Crippen LogP contribution in [0.3, 0.4) is 0 Å². The first-order valence-corrected chi connectivity index (χ1v) is 9.36. The van der Waals surface area contributed by atoms with Crippen LogP contribution in [0.1, 0.15) is 18.1 Å². The van der Waals surface area contributed by atoms with Crippen molar-refractivity contribution >= 4 is 17.5 Å². The molecule has 0 spiro atoms. The van der Waals surface area contributed by atoms with Crippen LogP contribution in [0.15, 0.2) is 65.6 Å². The predicted molar refractivity (Wildman–Crippen MR) is 112 cm³/mol. The zero-order valence-electron chi connectivity index (χ0n) is 16.8. The van der Waals surface area contributed by atoms with Gasteiger partial charge in [0.25, 0.3) is 0 Å². The smallest absolute Gasteiger partial charge is 0.248 e. The third kappa shape index (κ3) is 3.45. The summed E-state index contributed by atoms with van der Waals surface area (Å²) in [5.74, 6) is -0.868. The molecule has 4 aromatic rings. The first-order chi connectivity index (χ1) is 14.5. The van der Waals surface area contributed by atoms with E-state index < -0.39 is 11.7 Å². The lowest BCUT2D eigenvalue weighted by Crippen LogP contribution is -2.24. The fourth-order valence-corrected chi connectivity index (χ4v) is 3.33. The number of hydrogen-bond donors (Lipinski definition) is 0. The van der Waals surface area contributed by atoms with Gasteiger partial charge in [-0.1, -0.05) is 35.0 Å². The van der Waals surface area contributed by atoms with Crippen molar-refractivity contribution in [2.75, 3.05) is 4.90 Å². The summed E-state index contributed by atoms with van der Waals surface area (Å²) in [4.78, 5) is 22.1. The number of carbonyl (C=O) groups excluding carboxylic acids is 1. The number of halogens is 1. The normalized spacial score (nSPS) is 10.8. The summed E-state index contributed by atoms with van der Waals surface area (Å²) in [6.45, 7) is 5.29. The van der Waals surface area contributed by atoms with E-state index in [4.69, 9.17) is 4.52 Å².